The number of ether oxygens (including phenoxy) is 1. The molecule has 5 heteroatoms. The minimum absolute atomic E-state index is 0.0597. The number of benzene rings is 2. The van der Waals surface area contributed by atoms with Crippen molar-refractivity contribution in [3.05, 3.63) is 63.6 Å². The predicted octanol–water partition coefficient (Wildman–Crippen LogP) is 4.56. The van der Waals surface area contributed by atoms with Crippen molar-refractivity contribution in [3.8, 4) is 5.75 Å². The maximum Gasteiger partial charge on any atom is 0.258 e. The average molecular weight is 338 g/mol. The first-order valence-corrected chi connectivity index (χ1v) is 7.65. The molecule has 2 aromatic rings. The minimum atomic E-state index is -0.208. The van der Waals surface area contributed by atoms with Crippen LogP contribution in [0.4, 0.5) is 0 Å². The van der Waals surface area contributed by atoms with Gasteiger partial charge in [-0.25, -0.2) is 0 Å². The van der Waals surface area contributed by atoms with Gasteiger partial charge >= 0.3 is 0 Å². The Hall–Kier alpha value is -1.71. The Labute approximate surface area is 140 Å². The zero-order valence-electron chi connectivity index (χ0n) is 12.4. The van der Waals surface area contributed by atoms with E-state index < -0.39 is 0 Å². The van der Waals surface area contributed by atoms with Crippen molar-refractivity contribution in [1.82, 2.24) is 5.32 Å². The molecule has 3 nitrogen and oxygen atoms in total. The summed E-state index contributed by atoms with van der Waals surface area (Å²) in [4.78, 5) is 12.0. The molecule has 1 N–H and O–H groups in total. The number of carbonyl (C=O) groups is 1. The number of aryl methyl sites for hydroxylation is 1. The van der Waals surface area contributed by atoms with Gasteiger partial charge in [0.1, 0.15) is 5.75 Å². The largest absolute Gasteiger partial charge is 0.484 e. The summed E-state index contributed by atoms with van der Waals surface area (Å²) in [6, 6.07) is 12.5. The molecule has 0 aliphatic carbocycles. The molecule has 0 fully saturated rings. The molecule has 0 aromatic heterocycles. The van der Waals surface area contributed by atoms with Gasteiger partial charge in [-0.2, -0.15) is 0 Å². The van der Waals surface area contributed by atoms with E-state index in [1.165, 1.54) is 0 Å². The maximum absolute atomic E-state index is 12.0. The van der Waals surface area contributed by atoms with Gasteiger partial charge in [-0.05, 0) is 49.2 Å². The summed E-state index contributed by atoms with van der Waals surface area (Å²) >= 11 is 12.1. The Bertz CT molecular complexity index is 673. The number of amides is 1. The molecular formula is C17H17Cl2NO2. The molecule has 1 atom stereocenters. The highest BCUT2D eigenvalue weighted by Crippen LogP contribution is 2.23. The summed E-state index contributed by atoms with van der Waals surface area (Å²) in [5, 5.41) is 4.16. The van der Waals surface area contributed by atoms with Crippen molar-refractivity contribution in [2.45, 2.75) is 19.9 Å². The van der Waals surface area contributed by atoms with Gasteiger partial charge in [-0.1, -0.05) is 41.4 Å². The maximum atomic E-state index is 12.0. The third kappa shape index (κ3) is 4.39. The summed E-state index contributed by atoms with van der Waals surface area (Å²) in [5.41, 5.74) is 1.78. The van der Waals surface area contributed by atoms with Gasteiger partial charge < -0.3 is 10.1 Å². The molecule has 0 radical (unpaired) electrons. The van der Waals surface area contributed by atoms with Crippen LogP contribution in [-0.4, -0.2) is 12.5 Å². The Balaban J connectivity index is 1.90. The van der Waals surface area contributed by atoms with Gasteiger partial charge in [0.05, 0.1) is 6.04 Å². The van der Waals surface area contributed by atoms with E-state index in [4.69, 9.17) is 27.9 Å². The molecule has 0 bridgehead atoms. The first-order valence-electron chi connectivity index (χ1n) is 6.90. The lowest BCUT2D eigenvalue weighted by molar-refractivity contribution is -0.123. The number of hydrogen-bond acceptors (Lipinski definition) is 2. The Morgan fingerprint density at radius 2 is 1.91 bits per heavy atom. The summed E-state index contributed by atoms with van der Waals surface area (Å²) < 4.78 is 5.47. The molecular weight excluding hydrogens is 321 g/mol. The van der Waals surface area contributed by atoms with Crippen LogP contribution in [0.1, 0.15) is 24.1 Å². The second-order valence-corrected chi connectivity index (χ2v) is 5.82. The highest BCUT2D eigenvalue weighted by atomic mass is 35.5. The number of nitrogens with one attached hydrogen (secondary N) is 1. The van der Waals surface area contributed by atoms with Gasteiger partial charge in [-0.15, -0.1) is 0 Å². The molecule has 0 saturated carbocycles. The molecule has 2 rings (SSSR count). The number of carbonyl (C=O) groups excluding carboxylic acids is 1. The van der Waals surface area contributed by atoms with Crippen molar-refractivity contribution in [1.29, 1.82) is 0 Å². The van der Waals surface area contributed by atoms with Crippen LogP contribution in [0.25, 0.3) is 0 Å². The summed E-state index contributed by atoms with van der Waals surface area (Å²) in [6.45, 7) is 3.70. The van der Waals surface area contributed by atoms with Gasteiger partial charge in [0.2, 0.25) is 0 Å². The van der Waals surface area contributed by atoms with Gasteiger partial charge in [0.15, 0.2) is 6.61 Å². The van der Waals surface area contributed by atoms with Crippen molar-refractivity contribution in [2.75, 3.05) is 6.61 Å². The molecule has 0 aliphatic heterocycles. The second-order valence-electron chi connectivity index (χ2n) is 5.01. The summed E-state index contributed by atoms with van der Waals surface area (Å²) in [6.07, 6.45) is 0. The van der Waals surface area contributed by atoms with Crippen LogP contribution in [0.2, 0.25) is 10.0 Å². The van der Waals surface area contributed by atoms with E-state index >= 15 is 0 Å². The lowest BCUT2D eigenvalue weighted by Crippen LogP contribution is -2.31. The number of hydrogen-bond donors (Lipinski definition) is 1. The van der Waals surface area contributed by atoms with Crippen LogP contribution in [0.15, 0.2) is 42.5 Å². The SMILES string of the molecule is Cc1cc(OCC(=O)N[C@H](C)c2ccccc2Cl)ccc1Cl. The van der Waals surface area contributed by atoms with Gasteiger partial charge in [-0.3, -0.25) is 4.79 Å². The fourth-order valence-electron chi connectivity index (χ4n) is 2.04. The standard InChI is InChI=1S/C17H17Cl2NO2/c1-11-9-13(7-8-15(11)18)22-10-17(21)20-12(2)14-5-3-4-6-16(14)19/h3-9,12H,10H2,1-2H3,(H,20,21)/t12-/m1/s1. The normalized spacial score (nSPS) is 11.8. The number of halogens is 2. The topological polar surface area (TPSA) is 38.3 Å². The molecule has 1 amide bonds. The van der Waals surface area contributed by atoms with E-state index in [0.717, 1.165) is 11.1 Å². The minimum Gasteiger partial charge on any atom is -0.484 e. The van der Waals surface area contributed by atoms with E-state index in [9.17, 15) is 4.79 Å². The van der Waals surface area contributed by atoms with E-state index in [0.29, 0.717) is 15.8 Å². The third-order valence-electron chi connectivity index (χ3n) is 3.25. The second kappa shape index (κ2) is 7.52. The first kappa shape index (κ1) is 16.7. The van der Waals surface area contributed by atoms with Crippen molar-refractivity contribution in [2.24, 2.45) is 0 Å². The number of rotatable bonds is 5. The lowest BCUT2D eigenvalue weighted by Gasteiger charge is -2.16. The highest BCUT2D eigenvalue weighted by molar-refractivity contribution is 6.31. The van der Waals surface area contributed by atoms with Crippen molar-refractivity contribution < 1.29 is 9.53 Å². The summed E-state index contributed by atoms with van der Waals surface area (Å²) in [7, 11) is 0. The van der Waals surface area contributed by atoms with Crippen molar-refractivity contribution in [3.63, 3.8) is 0 Å². The molecule has 116 valence electrons. The molecule has 0 aliphatic rings. The quantitative estimate of drug-likeness (QED) is 0.868. The molecule has 2 aromatic carbocycles. The fourth-order valence-corrected chi connectivity index (χ4v) is 2.46. The monoisotopic (exact) mass is 337 g/mol. The predicted molar refractivity (Wildman–Crippen MR) is 89.7 cm³/mol. The van der Waals surface area contributed by atoms with Crippen LogP contribution >= 0.6 is 23.2 Å². The van der Waals surface area contributed by atoms with Crippen LogP contribution < -0.4 is 10.1 Å². The first-order chi connectivity index (χ1) is 10.5. The van der Waals surface area contributed by atoms with E-state index in [1.54, 1.807) is 24.3 Å². The third-order valence-corrected chi connectivity index (χ3v) is 4.02. The van der Waals surface area contributed by atoms with E-state index in [-0.39, 0.29) is 18.6 Å². The Morgan fingerprint density at radius 1 is 1.18 bits per heavy atom. The molecule has 0 spiro atoms. The zero-order valence-corrected chi connectivity index (χ0v) is 13.9. The van der Waals surface area contributed by atoms with Crippen LogP contribution in [0, 0.1) is 6.92 Å². The Kier molecular flexibility index (Phi) is 5.69. The van der Waals surface area contributed by atoms with Gasteiger partial charge in [0.25, 0.3) is 5.91 Å². The molecule has 0 saturated heterocycles. The highest BCUT2D eigenvalue weighted by Gasteiger charge is 2.12. The van der Waals surface area contributed by atoms with Crippen molar-refractivity contribution >= 4 is 29.1 Å². The molecule has 22 heavy (non-hydrogen) atoms. The fraction of sp³-hybridized carbons (Fsp3) is 0.235. The van der Waals surface area contributed by atoms with Crippen LogP contribution in [0.5, 0.6) is 5.75 Å². The smallest absolute Gasteiger partial charge is 0.258 e. The summed E-state index contributed by atoms with van der Waals surface area (Å²) in [5.74, 6) is 0.405. The zero-order chi connectivity index (χ0) is 16.1. The van der Waals surface area contributed by atoms with Crippen LogP contribution in [-0.2, 0) is 4.79 Å². The lowest BCUT2D eigenvalue weighted by atomic mass is 10.1. The molecule has 0 heterocycles. The Morgan fingerprint density at radius 3 is 2.59 bits per heavy atom. The van der Waals surface area contributed by atoms with E-state index in [1.807, 2.05) is 32.0 Å². The van der Waals surface area contributed by atoms with E-state index in [2.05, 4.69) is 5.32 Å². The van der Waals surface area contributed by atoms with Crippen LogP contribution in [0.3, 0.4) is 0 Å². The van der Waals surface area contributed by atoms with Gasteiger partial charge in [0, 0.05) is 10.0 Å². The molecule has 0 unspecified atom stereocenters. The average Bonchev–Trinajstić information content (AvgIpc) is 2.49.